The van der Waals surface area contributed by atoms with E-state index in [0.717, 1.165) is 37.2 Å². The monoisotopic (exact) mass is 250 g/mol. The van der Waals surface area contributed by atoms with Crippen molar-refractivity contribution < 1.29 is 19.0 Å². The van der Waals surface area contributed by atoms with Crippen LogP contribution in [0.3, 0.4) is 0 Å². The Hall–Kier alpha value is -1.39. The maximum Gasteiger partial charge on any atom is 0.150 e. The van der Waals surface area contributed by atoms with E-state index < -0.39 is 0 Å². The number of benzene rings is 1. The van der Waals surface area contributed by atoms with Crippen LogP contribution in [0, 0.1) is 5.92 Å². The molecule has 0 aromatic heterocycles. The minimum atomic E-state index is 0.460. The van der Waals surface area contributed by atoms with E-state index in [1.54, 1.807) is 25.3 Å². The van der Waals surface area contributed by atoms with Crippen LogP contribution in [0.15, 0.2) is 18.2 Å². The number of carbonyl (C=O) groups is 1. The van der Waals surface area contributed by atoms with Crippen molar-refractivity contribution in [2.24, 2.45) is 5.92 Å². The average Bonchev–Trinajstić information content (AvgIpc) is 2.92. The lowest BCUT2D eigenvalue weighted by Crippen LogP contribution is -2.09. The molecule has 2 rings (SSSR count). The van der Waals surface area contributed by atoms with Gasteiger partial charge in [-0.25, -0.2) is 0 Å². The molecule has 0 saturated carbocycles. The molecular weight excluding hydrogens is 232 g/mol. The van der Waals surface area contributed by atoms with Gasteiger partial charge in [0.25, 0.3) is 0 Å². The summed E-state index contributed by atoms with van der Waals surface area (Å²) in [5.74, 6) is 1.24. The molecule has 0 spiro atoms. The third kappa shape index (κ3) is 3.31. The zero-order valence-corrected chi connectivity index (χ0v) is 10.6. The first-order chi connectivity index (χ1) is 8.83. The standard InChI is InChI=1S/C14H18O4/c1-16-14-3-2-11(7-15)6-13(14)10-18-9-12-4-5-17-8-12/h2-3,6-7,12H,4-5,8-10H2,1H3. The normalized spacial score (nSPS) is 18.8. The van der Waals surface area contributed by atoms with Gasteiger partial charge in [-0.2, -0.15) is 0 Å². The summed E-state index contributed by atoms with van der Waals surface area (Å²) in [5.41, 5.74) is 1.54. The third-order valence-electron chi connectivity index (χ3n) is 3.08. The van der Waals surface area contributed by atoms with Crippen molar-refractivity contribution in [1.82, 2.24) is 0 Å². The topological polar surface area (TPSA) is 44.8 Å². The highest BCUT2D eigenvalue weighted by molar-refractivity contribution is 5.75. The fourth-order valence-electron chi connectivity index (χ4n) is 2.03. The van der Waals surface area contributed by atoms with Crippen LogP contribution in [-0.2, 0) is 16.1 Å². The van der Waals surface area contributed by atoms with Crippen molar-refractivity contribution in [2.75, 3.05) is 26.9 Å². The molecule has 0 N–H and O–H groups in total. The summed E-state index contributed by atoms with van der Waals surface area (Å²) < 4.78 is 16.2. The van der Waals surface area contributed by atoms with Crippen molar-refractivity contribution in [3.8, 4) is 5.75 Å². The first-order valence-corrected chi connectivity index (χ1v) is 6.11. The summed E-state index contributed by atoms with van der Waals surface area (Å²) in [5, 5.41) is 0. The van der Waals surface area contributed by atoms with Gasteiger partial charge in [0.1, 0.15) is 12.0 Å². The molecule has 98 valence electrons. The fourth-order valence-corrected chi connectivity index (χ4v) is 2.03. The molecule has 1 fully saturated rings. The largest absolute Gasteiger partial charge is 0.496 e. The second kappa shape index (κ2) is 6.52. The van der Waals surface area contributed by atoms with Gasteiger partial charge >= 0.3 is 0 Å². The molecule has 1 aliphatic rings. The van der Waals surface area contributed by atoms with Crippen molar-refractivity contribution in [2.45, 2.75) is 13.0 Å². The van der Waals surface area contributed by atoms with Gasteiger partial charge < -0.3 is 14.2 Å². The van der Waals surface area contributed by atoms with Crippen LogP contribution in [0.2, 0.25) is 0 Å². The highest BCUT2D eigenvalue weighted by Gasteiger charge is 2.15. The minimum Gasteiger partial charge on any atom is -0.496 e. The lowest BCUT2D eigenvalue weighted by Gasteiger charge is -2.12. The van der Waals surface area contributed by atoms with E-state index in [9.17, 15) is 4.79 Å². The van der Waals surface area contributed by atoms with Gasteiger partial charge in [0.05, 0.1) is 26.9 Å². The lowest BCUT2D eigenvalue weighted by atomic mass is 10.1. The van der Waals surface area contributed by atoms with E-state index in [4.69, 9.17) is 14.2 Å². The Kier molecular flexibility index (Phi) is 4.73. The molecule has 0 amide bonds. The Balaban J connectivity index is 1.91. The summed E-state index contributed by atoms with van der Waals surface area (Å²) in [7, 11) is 1.62. The van der Waals surface area contributed by atoms with Gasteiger partial charge in [-0.3, -0.25) is 4.79 Å². The zero-order valence-electron chi connectivity index (χ0n) is 10.6. The van der Waals surface area contributed by atoms with Crippen LogP contribution < -0.4 is 4.74 Å². The average molecular weight is 250 g/mol. The quantitative estimate of drug-likeness (QED) is 0.725. The molecule has 0 bridgehead atoms. The summed E-state index contributed by atoms with van der Waals surface area (Å²) in [6, 6.07) is 5.33. The number of rotatable bonds is 6. The predicted octanol–water partition coefficient (Wildman–Crippen LogP) is 2.06. The summed E-state index contributed by atoms with van der Waals surface area (Å²) in [6.45, 7) is 2.76. The van der Waals surface area contributed by atoms with E-state index in [-0.39, 0.29) is 0 Å². The molecule has 0 radical (unpaired) electrons. The Morgan fingerprint density at radius 2 is 2.39 bits per heavy atom. The molecule has 1 saturated heterocycles. The van der Waals surface area contributed by atoms with Crippen LogP contribution in [-0.4, -0.2) is 33.2 Å². The van der Waals surface area contributed by atoms with E-state index in [1.165, 1.54) is 0 Å². The third-order valence-corrected chi connectivity index (χ3v) is 3.08. The number of methoxy groups -OCH3 is 1. The lowest BCUT2D eigenvalue weighted by molar-refractivity contribution is 0.0779. The molecule has 4 heteroatoms. The van der Waals surface area contributed by atoms with E-state index in [0.29, 0.717) is 24.7 Å². The first-order valence-electron chi connectivity index (χ1n) is 6.11. The Morgan fingerprint density at radius 1 is 1.50 bits per heavy atom. The second-order valence-electron chi connectivity index (χ2n) is 4.43. The molecule has 1 atom stereocenters. The highest BCUT2D eigenvalue weighted by atomic mass is 16.5. The van der Waals surface area contributed by atoms with Gasteiger partial charge in [-0.1, -0.05) is 0 Å². The Labute approximate surface area is 107 Å². The second-order valence-corrected chi connectivity index (χ2v) is 4.43. The maximum absolute atomic E-state index is 10.7. The molecule has 1 heterocycles. The Bertz CT molecular complexity index is 397. The predicted molar refractivity (Wildman–Crippen MR) is 67.0 cm³/mol. The molecule has 1 aromatic carbocycles. The van der Waals surface area contributed by atoms with Gasteiger partial charge in [-0.05, 0) is 24.6 Å². The van der Waals surface area contributed by atoms with Gasteiger partial charge in [-0.15, -0.1) is 0 Å². The van der Waals surface area contributed by atoms with Gasteiger partial charge in [0.2, 0.25) is 0 Å². The number of carbonyl (C=O) groups excluding carboxylic acids is 1. The van der Waals surface area contributed by atoms with Crippen molar-refractivity contribution in [1.29, 1.82) is 0 Å². The maximum atomic E-state index is 10.7. The van der Waals surface area contributed by atoms with Crippen molar-refractivity contribution in [3.05, 3.63) is 29.3 Å². The molecule has 0 aliphatic carbocycles. The Morgan fingerprint density at radius 3 is 3.06 bits per heavy atom. The molecule has 18 heavy (non-hydrogen) atoms. The highest BCUT2D eigenvalue weighted by Crippen LogP contribution is 2.21. The van der Waals surface area contributed by atoms with Crippen LogP contribution in [0.1, 0.15) is 22.3 Å². The molecule has 1 aliphatic heterocycles. The number of aldehydes is 1. The smallest absolute Gasteiger partial charge is 0.150 e. The number of hydrogen-bond acceptors (Lipinski definition) is 4. The van der Waals surface area contributed by atoms with Crippen LogP contribution in [0.5, 0.6) is 5.75 Å². The van der Waals surface area contributed by atoms with E-state index >= 15 is 0 Å². The minimum absolute atomic E-state index is 0.460. The summed E-state index contributed by atoms with van der Waals surface area (Å²) >= 11 is 0. The summed E-state index contributed by atoms with van der Waals surface area (Å²) in [6.07, 6.45) is 1.89. The molecule has 4 nitrogen and oxygen atoms in total. The van der Waals surface area contributed by atoms with Gasteiger partial charge in [0, 0.05) is 23.7 Å². The van der Waals surface area contributed by atoms with E-state index in [1.807, 2.05) is 0 Å². The molecular formula is C14H18O4. The first kappa shape index (κ1) is 13.1. The van der Waals surface area contributed by atoms with Crippen LogP contribution in [0.25, 0.3) is 0 Å². The van der Waals surface area contributed by atoms with E-state index in [2.05, 4.69) is 0 Å². The number of hydrogen-bond donors (Lipinski definition) is 0. The van der Waals surface area contributed by atoms with Crippen molar-refractivity contribution >= 4 is 6.29 Å². The fraction of sp³-hybridized carbons (Fsp3) is 0.500. The van der Waals surface area contributed by atoms with Crippen LogP contribution in [0.4, 0.5) is 0 Å². The van der Waals surface area contributed by atoms with Crippen molar-refractivity contribution in [3.63, 3.8) is 0 Å². The molecule has 1 unspecified atom stereocenters. The van der Waals surface area contributed by atoms with Gasteiger partial charge in [0.15, 0.2) is 0 Å². The molecule has 1 aromatic rings. The summed E-state index contributed by atoms with van der Waals surface area (Å²) in [4.78, 5) is 10.7. The number of ether oxygens (including phenoxy) is 3. The SMILES string of the molecule is COc1ccc(C=O)cc1COCC1CCOC1. The zero-order chi connectivity index (χ0) is 12.8. The van der Waals surface area contributed by atoms with Crippen LogP contribution >= 0.6 is 0 Å².